The molecule has 0 saturated carbocycles. The number of nitrogens with zero attached hydrogens (tertiary/aromatic N) is 1. The van der Waals surface area contributed by atoms with E-state index in [2.05, 4.69) is 5.32 Å². The fourth-order valence-corrected chi connectivity index (χ4v) is 2.98. The van der Waals surface area contributed by atoms with Crippen LogP contribution in [0.1, 0.15) is 37.5 Å². The van der Waals surface area contributed by atoms with Gasteiger partial charge < -0.3 is 29.9 Å². The standard InChI is InChI=1S/C18H16N2O8/c21-13(22)5-19-16(24)14-15(23)11-7-28-8-12(11)20(17(14)25)6-9-2-1-3-10(4-9)18(26)27/h1-4,23H,5-8H2,(H,19,24)(H,21,22)(H,26,27). The number of hydrogen-bond donors (Lipinski definition) is 4. The van der Waals surface area contributed by atoms with Gasteiger partial charge in [-0.1, -0.05) is 12.1 Å². The smallest absolute Gasteiger partial charge is 0.335 e. The highest BCUT2D eigenvalue weighted by atomic mass is 16.5. The Kier molecular flexibility index (Phi) is 5.14. The van der Waals surface area contributed by atoms with Crippen molar-refractivity contribution in [3.8, 4) is 5.75 Å². The van der Waals surface area contributed by atoms with Gasteiger partial charge in [-0.15, -0.1) is 0 Å². The number of benzene rings is 1. The normalized spacial score (nSPS) is 12.4. The van der Waals surface area contributed by atoms with Gasteiger partial charge in [-0.25, -0.2) is 4.79 Å². The third kappa shape index (κ3) is 3.58. The van der Waals surface area contributed by atoms with Crippen LogP contribution < -0.4 is 10.9 Å². The van der Waals surface area contributed by atoms with E-state index in [-0.39, 0.29) is 30.9 Å². The fraction of sp³-hybridized carbons (Fsp3) is 0.222. The molecule has 0 bridgehead atoms. The minimum atomic E-state index is -1.30. The summed E-state index contributed by atoms with van der Waals surface area (Å²) in [6.45, 7) is -0.749. The minimum Gasteiger partial charge on any atom is -0.506 e. The molecule has 4 N–H and O–H groups in total. The van der Waals surface area contributed by atoms with Crippen LogP contribution in [0.2, 0.25) is 0 Å². The van der Waals surface area contributed by atoms with Gasteiger partial charge in [-0.05, 0) is 17.7 Å². The Morgan fingerprint density at radius 1 is 1.18 bits per heavy atom. The molecule has 1 aromatic carbocycles. The number of aromatic carboxylic acids is 1. The van der Waals surface area contributed by atoms with Crippen LogP contribution in [-0.2, 0) is 29.3 Å². The van der Waals surface area contributed by atoms with Crippen LogP contribution in [0, 0.1) is 0 Å². The molecule has 0 spiro atoms. The molecule has 1 aromatic heterocycles. The van der Waals surface area contributed by atoms with E-state index in [4.69, 9.17) is 14.9 Å². The summed E-state index contributed by atoms with van der Waals surface area (Å²) >= 11 is 0. The average Bonchev–Trinajstić information content (AvgIpc) is 3.14. The highest BCUT2D eigenvalue weighted by Gasteiger charge is 2.29. The third-order valence-electron chi connectivity index (χ3n) is 4.28. The molecule has 28 heavy (non-hydrogen) atoms. The van der Waals surface area contributed by atoms with Gasteiger partial charge in [0, 0.05) is 5.56 Å². The molecule has 0 fully saturated rings. The molecule has 10 heteroatoms. The quantitative estimate of drug-likeness (QED) is 0.545. The molecule has 0 radical (unpaired) electrons. The number of hydrogen-bond acceptors (Lipinski definition) is 6. The van der Waals surface area contributed by atoms with Gasteiger partial charge in [0.2, 0.25) is 0 Å². The molecule has 0 atom stereocenters. The van der Waals surface area contributed by atoms with Gasteiger partial charge in [-0.3, -0.25) is 14.4 Å². The van der Waals surface area contributed by atoms with E-state index in [9.17, 15) is 24.3 Å². The molecule has 3 rings (SSSR count). The van der Waals surface area contributed by atoms with Crippen molar-refractivity contribution in [3.05, 3.63) is 62.6 Å². The summed E-state index contributed by atoms with van der Waals surface area (Å²) in [5, 5.41) is 30.2. The number of rotatable bonds is 6. The number of aromatic hydroxyl groups is 1. The first kappa shape index (κ1) is 19.1. The van der Waals surface area contributed by atoms with Gasteiger partial charge in [0.15, 0.2) is 0 Å². The van der Waals surface area contributed by atoms with Gasteiger partial charge in [-0.2, -0.15) is 0 Å². The average molecular weight is 388 g/mol. The summed E-state index contributed by atoms with van der Waals surface area (Å²) in [7, 11) is 0. The van der Waals surface area contributed by atoms with Crippen LogP contribution in [0.4, 0.5) is 0 Å². The first-order valence-electron chi connectivity index (χ1n) is 8.17. The third-order valence-corrected chi connectivity index (χ3v) is 4.28. The molecular weight excluding hydrogens is 372 g/mol. The van der Waals surface area contributed by atoms with Gasteiger partial charge in [0.1, 0.15) is 17.9 Å². The molecule has 10 nitrogen and oxygen atoms in total. The van der Waals surface area contributed by atoms with Crippen molar-refractivity contribution in [2.45, 2.75) is 19.8 Å². The van der Waals surface area contributed by atoms with Crippen LogP contribution >= 0.6 is 0 Å². The van der Waals surface area contributed by atoms with Crippen molar-refractivity contribution >= 4 is 17.8 Å². The Balaban J connectivity index is 2.07. The van der Waals surface area contributed by atoms with Crippen molar-refractivity contribution in [3.63, 3.8) is 0 Å². The highest BCUT2D eigenvalue weighted by molar-refractivity contribution is 5.98. The monoisotopic (exact) mass is 388 g/mol. The minimum absolute atomic E-state index is 0.0180. The van der Waals surface area contributed by atoms with Gasteiger partial charge in [0.25, 0.3) is 11.5 Å². The molecule has 1 aliphatic rings. The number of amides is 1. The molecule has 1 aliphatic heterocycles. The maximum atomic E-state index is 12.9. The maximum absolute atomic E-state index is 12.9. The lowest BCUT2D eigenvalue weighted by Gasteiger charge is -2.15. The molecule has 0 saturated heterocycles. The van der Waals surface area contributed by atoms with Crippen LogP contribution in [0.5, 0.6) is 5.75 Å². The van der Waals surface area contributed by atoms with Crippen molar-refractivity contribution in [1.29, 1.82) is 0 Å². The lowest BCUT2D eigenvalue weighted by atomic mass is 10.1. The number of carboxylic acid groups (broad SMARTS) is 2. The number of aromatic nitrogens is 1. The molecule has 146 valence electrons. The van der Waals surface area contributed by atoms with Crippen LogP contribution in [0.3, 0.4) is 0 Å². The van der Waals surface area contributed by atoms with Crippen molar-refractivity contribution in [2.75, 3.05) is 6.54 Å². The largest absolute Gasteiger partial charge is 0.506 e. The summed E-state index contributed by atoms with van der Waals surface area (Å²) in [6.07, 6.45) is 0. The summed E-state index contributed by atoms with van der Waals surface area (Å²) < 4.78 is 6.51. The van der Waals surface area contributed by atoms with Crippen LogP contribution in [0.15, 0.2) is 29.1 Å². The zero-order chi connectivity index (χ0) is 20.4. The number of carbonyl (C=O) groups is 3. The number of fused-ring (bicyclic) bond motifs is 1. The molecule has 0 unspecified atom stereocenters. The Morgan fingerprint density at radius 2 is 1.93 bits per heavy atom. The zero-order valence-corrected chi connectivity index (χ0v) is 14.5. The summed E-state index contributed by atoms with van der Waals surface area (Å²) in [4.78, 5) is 47.0. The first-order chi connectivity index (χ1) is 13.3. The second-order valence-corrected chi connectivity index (χ2v) is 6.11. The van der Waals surface area contributed by atoms with E-state index in [1.807, 2.05) is 0 Å². The number of carbonyl (C=O) groups excluding carboxylic acids is 1. The number of aliphatic carboxylic acids is 1. The molecular formula is C18H16N2O8. The van der Waals surface area contributed by atoms with Gasteiger partial charge >= 0.3 is 11.9 Å². The van der Waals surface area contributed by atoms with E-state index in [1.54, 1.807) is 6.07 Å². The maximum Gasteiger partial charge on any atom is 0.335 e. The second kappa shape index (κ2) is 7.53. The number of pyridine rings is 1. The lowest BCUT2D eigenvalue weighted by molar-refractivity contribution is -0.135. The predicted octanol–water partition coefficient (Wildman–Crippen LogP) is 0.145. The number of carboxylic acids is 2. The van der Waals surface area contributed by atoms with Crippen molar-refractivity contribution in [2.24, 2.45) is 0 Å². The zero-order valence-electron chi connectivity index (χ0n) is 14.5. The van der Waals surface area contributed by atoms with Crippen LogP contribution in [-0.4, -0.2) is 44.3 Å². The fourth-order valence-electron chi connectivity index (χ4n) is 2.98. The molecule has 2 aromatic rings. The molecule has 2 heterocycles. The highest BCUT2D eigenvalue weighted by Crippen LogP contribution is 2.30. The van der Waals surface area contributed by atoms with Crippen molar-refractivity contribution < 1.29 is 34.4 Å². The van der Waals surface area contributed by atoms with Crippen molar-refractivity contribution in [1.82, 2.24) is 9.88 Å². The van der Waals surface area contributed by atoms with Gasteiger partial charge in [0.05, 0.1) is 31.0 Å². The molecule has 1 amide bonds. The predicted molar refractivity (Wildman–Crippen MR) is 93.3 cm³/mol. The Labute approximate surface area is 157 Å². The first-order valence-corrected chi connectivity index (χ1v) is 8.17. The van der Waals surface area contributed by atoms with E-state index in [0.29, 0.717) is 11.3 Å². The van der Waals surface area contributed by atoms with Crippen LogP contribution in [0.25, 0.3) is 0 Å². The van der Waals surface area contributed by atoms with E-state index >= 15 is 0 Å². The molecule has 0 aliphatic carbocycles. The SMILES string of the molecule is O=C(O)CNC(=O)c1c(O)c2c(n(Cc3cccc(C(=O)O)c3)c1=O)COC2. The van der Waals surface area contributed by atoms with E-state index in [1.165, 1.54) is 22.8 Å². The number of nitrogens with one attached hydrogen (secondary N) is 1. The number of ether oxygens (including phenoxy) is 1. The van der Waals surface area contributed by atoms with E-state index in [0.717, 1.165) is 0 Å². The topological polar surface area (TPSA) is 155 Å². The summed E-state index contributed by atoms with van der Waals surface area (Å²) in [6, 6.07) is 5.96. The lowest BCUT2D eigenvalue weighted by Crippen LogP contribution is -2.37. The Bertz CT molecular complexity index is 1040. The second-order valence-electron chi connectivity index (χ2n) is 6.11. The Morgan fingerprint density at radius 3 is 2.61 bits per heavy atom. The Hall–Kier alpha value is -3.66. The van der Waals surface area contributed by atoms with E-state index < -0.39 is 41.3 Å². The summed E-state index contributed by atoms with van der Waals surface area (Å²) in [5.74, 6) is -3.99. The summed E-state index contributed by atoms with van der Waals surface area (Å²) in [5.41, 5.74) is -0.243.